The van der Waals surface area contributed by atoms with E-state index in [1.54, 1.807) is 12.3 Å². The predicted octanol–water partition coefficient (Wildman–Crippen LogP) is 2.41. The number of aromatic nitrogens is 2. The Balaban J connectivity index is 2.18. The molecule has 0 saturated carbocycles. The van der Waals surface area contributed by atoms with Crippen molar-refractivity contribution in [3.05, 3.63) is 41.1 Å². The minimum absolute atomic E-state index is 0.159. The maximum absolute atomic E-state index is 14.2. The van der Waals surface area contributed by atoms with Gasteiger partial charge in [-0.1, -0.05) is 6.07 Å². The van der Waals surface area contributed by atoms with E-state index in [0.29, 0.717) is 5.56 Å². The van der Waals surface area contributed by atoms with Gasteiger partial charge in [0.1, 0.15) is 11.6 Å². The lowest BCUT2D eigenvalue weighted by atomic mass is 10.0. The summed E-state index contributed by atoms with van der Waals surface area (Å²) in [5.74, 6) is 0.823. The third-order valence-electron chi connectivity index (χ3n) is 3.42. The number of nitrogens with one attached hydrogen (secondary N) is 1. The van der Waals surface area contributed by atoms with Crippen LogP contribution in [0.2, 0.25) is 0 Å². The van der Waals surface area contributed by atoms with Gasteiger partial charge in [0.2, 0.25) is 0 Å². The standard InChI is InChI=1S/C14H16FN3/c1-9-5-10(2)14(11(15)6-9)12-7-17-13-8-16-3-4-18(12)13/h5-7,16H,3-4,8H2,1-2H3. The molecule has 1 N–H and O–H groups in total. The number of fused-ring (bicyclic) bond motifs is 1. The zero-order valence-corrected chi connectivity index (χ0v) is 10.6. The summed E-state index contributed by atoms with van der Waals surface area (Å²) in [6.45, 7) is 6.37. The molecule has 0 atom stereocenters. The zero-order valence-electron chi connectivity index (χ0n) is 10.6. The zero-order chi connectivity index (χ0) is 12.7. The molecule has 3 nitrogen and oxygen atoms in total. The number of aryl methyl sites for hydroxylation is 2. The summed E-state index contributed by atoms with van der Waals surface area (Å²) in [5, 5.41) is 3.27. The van der Waals surface area contributed by atoms with Crippen LogP contribution in [-0.2, 0) is 13.1 Å². The van der Waals surface area contributed by atoms with Crippen LogP contribution in [0, 0.1) is 19.7 Å². The molecule has 0 bridgehead atoms. The lowest BCUT2D eigenvalue weighted by Crippen LogP contribution is -2.28. The Kier molecular flexibility index (Phi) is 2.67. The number of hydrogen-bond donors (Lipinski definition) is 1. The Labute approximate surface area is 106 Å². The molecule has 1 aromatic heterocycles. The van der Waals surface area contributed by atoms with Gasteiger partial charge in [0.05, 0.1) is 18.4 Å². The summed E-state index contributed by atoms with van der Waals surface area (Å²) in [4.78, 5) is 4.37. The average Bonchev–Trinajstić information content (AvgIpc) is 2.72. The first-order valence-corrected chi connectivity index (χ1v) is 6.19. The monoisotopic (exact) mass is 245 g/mol. The van der Waals surface area contributed by atoms with Crippen LogP contribution < -0.4 is 5.32 Å². The molecule has 0 radical (unpaired) electrons. The van der Waals surface area contributed by atoms with Crippen molar-refractivity contribution in [1.29, 1.82) is 0 Å². The van der Waals surface area contributed by atoms with E-state index in [0.717, 1.165) is 42.3 Å². The van der Waals surface area contributed by atoms with Gasteiger partial charge in [-0.3, -0.25) is 0 Å². The van der Waals surface area contributed by atoms with E-state index in [4.69, 9.17) is 0 Å². The lowest BCUT2D eigenvalue weighted by Gasteiger charge is -2.18. The topological polar surface area (TPSA) is 29.9 Å². The third-order valence-corrected chi connectivity index (χ3v) is 3.42. The SMILES string of the molecule is Cc1cc(C)c(-c2cnc3n2CCNC3)c(F)c1. The molecule has 4 heteroatoms. The highest BCUT2D eigenvalue weighted by molar-refractivity contribution is 5.65. The quantitative estimate of drug-likeness (QED) is 0.836. The van der Waals surface area contributed by atoms with Crippen molar-refractivity contribution in [3.63, 3.8) is 0 Å². The highest BCUT2D eigenvalue weighted by Gasteiger charge is 2.18. The Hall–Kier alpha value is -1.68. The highest BCUT2D eigenvalue weighted by Crippen LogP contribution is 2.29. The van der Waals surface area contributed by atoms with Crippen LogP contribution in [0.25, 0.3) is 11.3 Å². The van der Waals surface area contributed by atoms with E-state index in [-0.39, 0.29) is 5.82 Å². The van der Waals surface area contributed by atoms with E-state index >= 15 is 0 Å². The molecular formula is C14H16FN3. The minimum Gasteiger partial charge on any atom is -0.326 e. The Morgan fingerprint density at radius 3 is 2.94 bits per heavy atom. The first-order chi connectivity index (χ1) is 8.66. The van der Waals surface area contributed by atoms with E-state index in [2.05, 4.69) is 14.9 Å². The molecule has 0 saturated heterocycles. The van der Waals surface area contributed by atoms with Crippen LogP contribution >= 0.6 is 0 Å². The second-order valence-corrected chi connectivity index (χ2v) is 4.83. The number of halogens is 1. The maximum atomic E-state index is 14.2. The van der Waals surface area contributed by atoms with E-state index in [1.165, 1.54) is 0 Å². The molecule has 0 fully saturated rings. The van der Waals surface area contributed by atoms with Gasteiger partial charge < -0.3 is 9.88 Å². The van der Waals surface area contributed by atoms with Gasteiger partial charge in [-0.25, -0.2) is 9.37 Å². The minimum atomic E-state index is -0.159. The number of imidazole rings is 1. The molecular weight excluding hydrogens is 229 g/mol. The normalized spacial score (nSPS) is 14.6. The highest BCUT2D eigenvalue weighted by atomic mass is 19.1. The fraction of sp³-hybridized carbons (Fsp3) is 0.357. The number of nitrogens with zero attached hydrogens (tertiary/aromatic N) is 2. The van der Waals surface area contributed by atoms with Gasteiger partial charge in [-0.05, 0) is 31.0 Å². The fourth-order valence-corrected chi connectivity index (χ4v) is 2.64. The molecule has 1 aliphatic rings. The van der Waals surface area contributed by atoms with Crippen LogP contribution in [0.4, 0.5) is 4.39 Å². The van der Waals surface area contributed by atoms with E-state index in [9.17, 15) is 4.39 Å². The molecule has 0 spiro atoms. The van der Waals surface area contributed by atoms with Gasteiger partial charge >= 0.3 is 0 Å². The van der Waals surface area contributed by atoms with Gasteiger partial charge in [-0.15, -0.1) is 0 Å². The summed E-state index contributed by atoms with van der Waals surface area (Å²) in [6.07, 6.45) is 1.78. The molecule has 1 aromatic carbocycles. The first kappa shape index (κ1) is 11.4. The number of rotatable bonds is 1. The summed E-state index contributed by atoms with van der Waals surface area (Å²) in [6, 6.07) is 3.60. The van der Waals surface area contributed by atoms with Gasteiger partial charge in [0.25, 0.3) is 0 Å². The first-order valence-electron chi connectivity index (χ1n) is 6.19. The molecule has 18 heavy (non-hydrogen) atoms. The van der Waals surface area contributed by atoms with E-state index in [1.807, 2.05) is 19.9 Å². The molecule has 2 heterocycles. The van der Waals surface area contributed by atoms with Crippen LogP contribution in [-0.4, -0.2) is 16.1 Å². The second kappa shape index (κ2) is 4.21. The van der Waals surface area contributed by atoms with Gasteiger partial charge in [-0.2, -0.15) is 0 Å². The van der Waals surface area contributed by atoms with Crippen molar-refractivity contribution in [2.45, 2.75) is 26.9 Å². The van der Waals surface area contributed by atoms with Crippen LogP contribution in [0.3, 0.4) is 0 Å². The molecule has 2 aromatic rings. The summed E-state index contributed by atoms with van der Waals surface area (Å²) in [7, 11) is 0. The average molecular weight is 245 g/mol. The van der Waals surface area contributed by atoms with Crippen molar-refractivity contribution < 1.29 is 4.39 Å². The Morgan fingerprint density at radius 2 is 2.17 bits per heavy atom. The largest absolute Gasteiger partial charge is 0.326 e. The van der Waals surface area contributed by atoms with E-state index < -0.39 is 0 Å². The molecule has 3 rings (SSSR count). The molecule has 0 aliphatic carbocycles. The maximum Gasteiger partial charge on any atom is 0.133 e. The van der Waals surface area contributed by atoms with Crippen LogP contribution in [0.5, 0.6) is 0 Å². The molecule has 1 aliphatic heterocycles. The number of benzene rings is 1. The van der Waals surface area contributed by atoms with Gasteiger partial charge in [0, 0.05) is 18.7 Å². The van der Waals surface area contributed by atoms with Crippen molar-refractivity contribution in [3.8, 4) is 11.3 Å². The van der Waals surface area contributed by atoms with Crippen molar-refractivity contribution in [1.82, 2.24) is 14.9 Å². The van der Waals surface area contributed by atoms with Crippen molar-refractivity contribution in [2.75, 3.05) is 6.54 Å². The third kappa shape index (κ3) is 1.73. The Morgan fingerprint density at radius 1 is 1.33 bits per heavy atom. The lowest BCUT2D eigenvalue weighted by molar-refractivity contribution is 0.507. The smallest absolute Gasteiger partial charge is 0.133 e. The molecule has 0 amide bonds. The van der Waals surface area contributed by atoms with Crippen molar-refractivity contribution >= 4 is 0 Å². The van der Waals surface area contributed by atoms with Gasteiger partial charge in [0.15, 0.2) is 0 Å². The van der Waals surface area contributed by atoms with Crippen LogP contribution in [0.1, 0.15) is 17.0 Å². The van der Waals surface area contributed by atoms with Crippen molar-refractivity contribution in [2.24, 2.45) is 0 Å². The summed E-state index contributed by atoms with van der Waals surface area (Å²) >= 11 is 0. The number of hydrogen-bond acceptors (Lipinski definition) is 2. The second-order valence-electron chi connectivity index (χ2n) is 4.83. The molecule has 0 unspecified atom stereocenters. The fourth-order valence-electron chi connectivity index (χ4n) is 2.64. The summed E-state index contributed by atoms with van der Waals surface area (Å²) < 4.78 is 16.3. The van der Waals surface area contributed by atoms with Crippen LogP contribution in [0.15, 0.2) is 18.3 Å². The predicted molar refractivity (Wildman–Crippen MR) is 68.8 cm³/mol. The Bertz CT molecular complexity index is 578. The molecule has 94 valence electrons. The summed E-state index contributed by atoms with van der Waals surface area (Å²) in [5.41, 5.74) is 3.49.